The van der Waals surface area contributed by atoms with Gasteiger partial charge in [0.2, 0.25) is 0 Å². The highest BCUT2D eigenvalue weighted by Gasteiger charge is 2.02. The van der Waals surface area contributed by atoms with Crippen molar-refractivity contribution in [1.29, 1.82) is 0 Å². The minimum atomic E-state index is -0.0245. The molecule has 1 aromatic heterocycles. The summed E-state index contributed by atoms with van der Waals surface area (Å²) in [5, 5.41) is 12.1. The molecule has 1 heterocycles. The van der Waals surface area contributed by atoms with Gasteiger partial charge in [-0.05, 0) is 25.5 Å². The maximum Gasteiger partial charge on any atom is 0.129 e. The number of aliphatic hydroxyl groups is 1. The quantitative estimate of drug-likeness (QED) is 0.729. The molecule has 0 aromatic carbocycles. The van der Waals surface area contributed by atoms with E-state index in [4.69, 9.17) is 9.52 Å². The average molecular weight is 183 g/mol. The molecule has 0 spiro atoms. The van der Waals surface area contributed by atoms with Crippen molar-refractivity contribution < 1.29 is 9.52 Å². The van der Waals surface area contributed by atoms with E-state index in [0.717, 1.165) is 18.7 Å². The lowest BCUT2D eigenvalue weighted by molar-refractivity contribution is 0.242. The third kappa shape index (κ3) is 3.20. The summed E-state index contributed by atoms with van der Waals surface area (Å²) in [7, 11) is 0. The van der Waals surface area contributed by atoms with E-state index < -0.39 is 0 Å². The van der Waals surface area contributed by atoms with Crippen molar-refractivity contribution in [3.05, 3.63) is 23.7 Å². The Bertz CT molecular complexity index is 245. The number of aliphatic hydroxyl groups excluding tert-OH is 1. The first kappa shape index (κ1) is 10.3. The molecule has 1 atom stereocenters. The van der Waals surface area contributed by atoms with E-state index >= 15 is 0 Å². The van der Waals surface area contributed by atoms with Crippen molar-refractivity contribution in [2.45, 2.75) is 39.5 Å². The van der Waals surface area contributed by atoms with Crippen molar-refractivity contribution >= 4 is 0 Å². The minimum Gasteiger partial charge on any atom is -0.462 e. The maximum atomic E-state index is 8.76. The highest BCUT2D eigenvalue weighted by atomic mass is 16.4. The van der Waals surface area contributed by atoms with Crippen molar-refractivity contribution in [3.8, 4) is 0 Å². The summed E-state index contributed by atoms with van der Waals surface area (Å²) < 4.78 is 5.32. The molecular formula is C10H17NO2. The van der Waals surface area contributed by atoms with Gasteiger partial charge in [-0.3, -0.25) is 0 Å². The average Bonchev–Trinajstić information content (AvgIpc) is 2.61. The first-order valence-corrected chi connectivity index (χ1v) is 4.68. The zero-order valence-corrected chi connectivity index (χ0v) is 8.21. The second-order valence-electron chi connectivity index (χ2n) is 3.22. The predicted octanol–water partition coefficient (Wildman–Crippen LogP) is 1.66. The molecular weight excluding hydrogens is 166 g/mol. The fourth-order valence-corrected chi connectivity index (χ4v) is 1.02. The van der Waals surface area contributed by atoms with Crippen LogP contribution >= 0.6 is 0 Å². The Balaban J connectivity index is 2.36. The van der Waals surface area contributed by atoms with Gasteiger partial charge in [0.05, 0.1) is 6.54 Å². The van der Waals surface area contributed by atoms with Crippen molar-refractivity contribution in [2.75, 3.05) is 0 Å². The zero-order chi connectivity index (χ0) is 9.68. The number of furan rings is 1. The van der Waals surface area contributed by atoms with Crippen LogP contribution in [0.15, 0.2) is 16.5 Å². The topological polar surface area (TPSA) is 45.4 Å². The molecule has 0 saturated heterocycles. The highest BCUT2D eigenvalue weighted by molar-refractivity contribution is 5.06. The molecule has 0 amide bonds. The van der Waals surface area contributed by atoms with E-state index in [0.29, 0.717) is 11.8 Å². The van der Waals surface area contributed by atoms with E-state index in [9.17, 15) is 0 Å². The molecule has 3 heteroatoms. The van der Waals surface area contributed by atoms with Crippen LogP contribution in [0.1, 0.15) is 31.8 Å². The summed E-state index contributed by atoms with van der Waals surface area (Å²) in [6.45, 7) is 4.98. The van der Waals surface area contributed by atoms with Gasteiger partial charge in [-0.25, -0.2) is 0 Å². The Morgan fingerprint density at radius 2 is 2.15 bits per heavy atom. The normalized spacial score (nSPS) is 13.2. The van der Waals surface area contributed by atoms with Gasteiger partial charge in [-0.15, -0.1) is 0 Å². The van der Waals surface area contributed by atoms with Crippen LogP contribution in [0.25, 0.3) is 0 Å². The largest absolute Gasteiger partial charge is 0.462 e. The van der Waals surface area contributed by atoms with Crippen LogP contribution in [0, 0.1) is 0 Å². The molecule has 0 saturated carbocycles. The van der Waals surface area contributed by atoms with Crippen molar-refractivity contribution in [3.63, 3.8) is 0 Å². The van der Waals surface area contributed by atoms with Crippen LogP contribution in [0.3, 0.4) is 0 Å². The van der Waals surface area contributed by atoms with Crippen LogP contribution in [-0.2, 0) is 13.2 Å². The molecule has 0 radical (unpaired) electrons. The number of hydrogen-bond donors (Lipinski definition) is 2. The molecule has 0 aliphatic carbocycles. The summed E-state index contributed by atoms with van der Waals surface area (Å²) in [5.41, 5.74) is 0. The first-order valence-electron chi connectivity index (χ1n) is 4.68. The summed E-state index contributed by atoms with van der Waals surface area (Å²) in [4.78, 5) is 0. The van der Waals surface area contributed by atoms with E-state index in [2.05, 4.69) is 19.2 Å². The van der Waals surface area contributed by atoms with Gasteiger partial charge in [0.15, 0.2) is 0 Å². The Morgan fingerprint density at radius 1 is 1.46 bits per heavy atom. The van der Waals surface area contributed by atoms with Crippen LogP contribution in [0.5, 0.6) is 0 Å². The molecule has 1 unspecified atom stereocenters. The Labute approximate surface area is 78.8 Å². The van der Waals surface area contributed by atoms with Crippen LogP contribution in [-0.4, -0.2) is 11.1 Å². The fourth-order valence-electron chi connectivity index (χ4n) is 1.02. The molecule has 0 fully saturated rings. The standard InChI is InChI=1S/C10H17NO2/c1-3-8(2)11-6-9-4-5-10(7-12)13-9/h4-5,8,11-12H,3,6-7H2,1-2H3. The Hall–Kier alpha value is -0.800. The van der Waals surface area contributed by atoms with Crippen LogP contribution < -0.4 is 5.32 Å². The fraction of sp³-hybridized carbons (Fsp3) is 0.600. The van der Waals surface area contributed by atoms with E-state index in [1.165, 1.54) is 0 Å². The van der Waals surface area contributed by atoms with E-state index in [-0.39, 0.29) is 6.61 Å². The summed E-state index contributed by atoms with van der Waals surface area (Å²) in [5.74, 6) is 1.50. The van der Waals surface area contributed by atoms with Gasteiger partial charge < -0.3 is 14.8 Å². The lowest BCUT2D eigenvalue weighted by atomic mass is 10.2. The second-order valence-corrected chi connectivity index (χ2v) is 3.22. The second kappa shape index (κ2) is 5.04. The summed E-state index contributed by atoms with van der Waals surface area (Å²) in [6.07, 6.45) is 1.10. The van der Waals surface area contributed by atoms with Gasteiger partial charge >= 0.3 is 0 Å². The van der Waals surface area contributed by atoms with Gasteiger partial charge in [0, 0.05) is 6.04 Å². The molecule has 0 aliphatic rings. The predicted molar refractivity (Wildman–Crippen MR) is 51.2 cm³/mol. The number of nitrogens with one attached hydrogen (secondary N) is 1. The lowest BCUT2D eigenvalue weighted by Crippen LogP contribution is -2.24. The van der Waals surface area contributed by atoms with Crippen LogP contribution in [0.4, 0.5) is 0 Å². The molecule has 1 aromatic rings. The van der Waals surface area contributed by atoms with Gasteiger partial charge in [0.25, 0.3) is 0 Å². The molecule has 3 nitrogen and oxygen atoms in total. The third-order valence-electron chi connectivity index (χ3n) is 2.11. The van der Waals surface area contributed by atoms with Gasteiger partial charge in [0.1, 0.15) is 18.1 Å². The molecule has 1 rings (SSSR count). The molecule has 74 valence electrons. The van der Waals surface area contributed by atoms with Gasteiger partial charge in [-0.2, -0.15) is 0 Å². The van der Waals surface area contributed by atoms with Gasteiger partial charge in [-0.1, -0.05) is 6.92 Å². The maximum absolute atomic E-state index is 8.76. The smallest absolute Gasteiger partial charge is 0.129 e. The third-order valence-corrected chi connectivity index (χ3v) is 2.11. The van der Waals surface area contributed by atoms with Crippen LogP contribution in [0.2, 0.25) is 0 Å². The Kier molecular flexibility index (Phi) is 3.99. The molecule has 13 heavy (non-hydrogen) atoms. The summed E-state index contributed by atoms with van der Waals surface area (Å²) in [6, 6.07) is 4.19. The SMILES string of the molecule is CCC(C)NCc1ccc(CO)o1. The van der Waals surface area contributed by atoms with E-state index in [1.54, 1.807) is 6.07 Å². The first-order chi connectivity index (χ1) is 6.26. The van der Waals surface area contributed by atoms with E-state index in [1.807, 2.05) is 6.07 Å². The molecule has 0 aliphatic heterocycles. The minimum absolute atomic E-state index is 0.0245. The summed E-state index contributed by atoms with van der Waals surface area (Å²) >= 11 is 0. The molecule has 0 bridgehead atoms. The van der Waals surface area contributed by atoms with Crippen molar-refractivity contribution in [2.24, 2.45) is 0 Å². The highest BCUT2D eigenvalue weighted by Crippen LogP contribution is 2.07. The number of hydrogen-bond acceptors (Lipinski definition) is 3. The zero-order valence-electron chi connectivity index (χ0n) is 8.21. The Morgan fingerprint density at radius 3 is 2.69 bits per heavy atom. The molecule has 2 N–H and O–H groups in total. The monoisotopic (exact) mass is 183 g/mol. The lowest BCUT2D eigenvalue weighted by Gasteiger charge is -2.08. The van der Waals surface area contributed by atoms with Crippen molar-refractivity contribution in [1.82, 2.24) is 5.32 Å². The number of rotatable bonds is 5.